The Balaban J connectivity index is 2.73. The highest BCUT2D eigenvalue weighted by Crippen LogP contribution is 2.20. The van der Waals surface area contributed by atoms with Gasteiger partial charge in [-0.1, -0.05) is 0 Å². The number of nitrogens with zero attached hydrogens (tertiary/aromatic N) is 1. The molecule has 0 unspecified atom stereocenters. The van der Waals surface area contributed by atoms with Crippen LogP contribution in [0.4, 0.5) is 0 Å². The van der Waals surface area contributed by atoms with Crippen LogP contribution in [0.5, 0.6) is 0 Å². The molecule has 0 aromatic carbocycles. The smallest absolute Gasteiger partial charge is 0.449 e. The summed E-state index contributed by atoms with van der Waals surface area (Å²) >= 11 is -2.63. The highest BCUT2D eigenvalue weighted by molar-refractivity contribution is 6.37. The Bertz CT molecular complexity index is 326. The van der Waals surface area contributed by atoms with Gasteiger partial charge in [0.1, 0.15) is 0 Å². The predicted molar refractivity (Wildman–Crippen MR) is 69.6 cm³/mol. The molecule has 0 aromatic rings. The van der Waals surface area contributed by atoms with Gasteiger partial charge in [0.15, 0.2) is 0 Å². The first-order valence-electron chi connectivity index (χ1n) is 6.36. The van der Waals surface area contributed by atoms with E-state index < -0.39 is 26.4 Å². The Hall–Kier alpha value is -0.448. The minimum Gasteiger partial charge on any atom is -0.449 e. The van der Waals surface area contributed by atoms with E-state index in [0.717, 1.165) is 5.06 Å². The van der Waals surface area contributed by atoms with Crippen molar-refractivity contribution in [2.75, 3.05) is 0 Å². The summed E-state index contributed by atoms with van der Waals surface area (Å²) in [5.74, 6) is -0.671. The molecular formula is C12H22AlNO5. The topological polar surface area (TPSA) is 65.1 Å². The molecule has 0 spiro atoms. The van der Waals surface area contributed by atoms with Crippen molar-refractivity contribution >= 4 is 27.0 Å². The van der Waals surface area contributed by atoms with E-state index >= 15 is 0 Å². The maximum Gasteiger partial charge on any atom is 0.930 e. The number of carbonyl (C=O) groups is 2. The maximum atomic E-state index is 11.5. The van der Waals surface area contributed by atoms with Gasteiger partial charge in [-0.05, 0) is 41.5 Å². The molecule has 1 heterocycles. The molecule has 1 rings (SSSR count). The molecule has 0 radical (unpaired) electrons. The average molecular weight is 287 g/mol. The van der Waals surface area contributed by atoms with E-state index in [1.54, 1.807) is 0 Å². The van der Waals surface area contributed by atoms with Crippen molar-refractivity contribution in [2.24, 2.45) is 0 Å². The largest absolute Gasteiger partial charge is 0.930 e. The number of imide groups is 1. The van der Waals surface area contributed by atoms with Crippen molar-refractivity contribution in [3.8, 4) is 0 Å². The fourth-order valence-electron chi connectivity index (χ4n) is 1.40. The molecular weight excluding hydrogens is 265 g/mol. The third-order valence-corrected chi connectivity index (χ3v) is 4.28. The zero-order valence-electron chi connectivity index (χ0n) is 12.5. The molecule has 7 heteroatoms. The third kappa shape index (κ3) is 6.02. The molecule has 1 aliphatic heterocycles. The standard InChI is InChI=1S/C4H4NO3.2C4H9O.Al/c6-3-1-2-4(7)5(3)8;2*1-4(2,3)5;/h1-2H2;2*1-3H3;/q3*-1;+3. The van der Waals surface area contributed by atoms with Gasteiger partial charge in [-0.2, -0.15) is 5.06 Å². The Morgan fingerprint density at radius 3 is 1.58 bits per heavy atom. The minimum atomic E-state index is -2.63. The summed E-state index contributed by atoms with van der Waals surface area (Å²) in [6.07, 6.45) is 0.371. The zero-order chi connectivity index (χ0) is 14.8. The summed E-state index contributed by atoms with van der Waals surface area (Å²) in [6.45, 7) is 11.2. The van der Waals surface area contributed by atoms with Crippen LogP contribution in [0.1, 0.15) is 54.4 Å². The maximum absolute atomic E-state index is 11.5. The summed E-state index contributed by atoms with van der Waals surface area (Å²) in [5, 5.41) is 0.800. The van der Waals surface area contributed by atoms with E-state index in [2.05, 4.69) is 0 Å². The van der Waals surface area contributed by atoms with Gasteiger partial charge < -0.3 is 11.5 Å². The Morgan fingerprint density at radius 2 is 1.26 bits per heavy atom. The Morgan fingerprint density at radius 1 is 0.895 bits per heavy atom. The molecule has 6 nitrogen and oxygen atoms in total. The normalized spacial score (nSPS) is 17.3. The van der Waals surface area contributed by atoms with Gasteiger partial charge in [0.05, 0.1) is 0 Å². The lowest BCUT2D eigenvalue weighted by atomic mass is 10.2. The molecule has 108 valence electrons. The molecule has 1 aliphatic rings. The molecule has 0 atom stereocenters. The van der Waals surface area contributed by atoms with E-state index in [9.17, 15) is 9.59 Å². The molecule has 1 saturated heterocycles. The summed E-state index contributed by atoms with van der Waals surface area (Å²) in [6, 6.07) is 0. The molecule has 0 saturated carbocycles. The van der Waals surface area contributed by atoms with E-state index in [0.29, 0.717) is 0 Å². The molecule has 1 fully saturated rings. The SMILES string of the molecule is CC(C)(C)[O][Al]([O]N1C(=O)CCC1=O)[O]C(C)(C)C. The Labute approximate surface area is 119 Å². The van der Waals surface area contributed by atoms with Gasteiger partial charge in [0.25, 0.3) is 11.8 Å². The second-order valence-corrected chi connectivity index (χ2v) is 7.70. The summed E-state index contributed by atoms with van der Waals surface area (Å²) in [7, 11) is 0. The lowest BCUT2D eigenvalue weighted by molar-refractivity contribution is -0.177. The average Bonchev–Trinajstić information content (AvgIpc) is 2.44. The summed E-state index contributed by atoms with van der Waals surface area (Å²) in [4.78, 5) is 23.1. The first-order valence-corrected chi connectivity index (χ1v) is 7.77. The van der Waals surface area contributed by atoms with Gasteiger partial charge in [-0.25, -0.2) is 0 Å². The fourth-order valence-corrected chi connectivity index (χ4v) is 3.10. The van der Waals surface area contributed by atoms with Crippen LogP contribution in [0.3, 0.4) is 0 Å². The lowest BCUT2D eigenvalue weighted by Gasteiger charge is -2.30. The van der Waals surface area contributed by atoms with Gasteiger partial charge in [0.2, 0.25) is 0 Å². The van der Waals surface area contributed by atoms with Crippen LogP contribution in [0.15, 0.2) is 0 Å². The molecule has 2 amide bonds. The third-order valence-electron chi connectivity index (χ3n) is 2.10. The van der Waals surface area contributed by atoms with Crippen LogP contribution >= 0.6 is 0 Å². The van der Waals surface area contributed by atoms with Crippen molar-refractivity contribution in [1.82, 2.24) is 5.06 Å². The summed E-state index contributed by atoms with van der Waals surface area (Å²) in [5.41, 5.74) is -0.929. The van der Waals surface area contributed by atoms with Gasteiger partial charge in [-0.3, -0.25) is 9.59 Å². The van der Waals surface area contributed by atoms with Crippen LogP contribution < -0.4 is 0 Å². The van der Waals surface area contributed by atoms with E-state index in [-0.39, 0.29) is 24.7 Å². The number of hydroxylamine groups is 2. The second-order valence-electron chi connectivity index (χ2n) is 6.44. The molecule has 0 aliphatic carbocycles. The first-order chi connectivity index (χ1) is 8.48. The van der Waals surface area contributed by atoms with Gasteiger partial charge >= 0.3 is 15.1 Å². The van der Waals surface area contributed by atoms with E-state index in [1.165, 1.54) is 0 Å². The van der Waals surface area contributed by atoms with Gasteiger partial charge in [0, 0.05) is 24.0 Å². The monoisotopic (exact) mass is 287 g/mol. The Kier molecular flexibility index (Phi) is 5.16. The second kappa shape index (κ2) is 5.90. The molecule has 0 N–H and O–H groups in total. The van der Waals surface area contributed by atoms with Crippen LogP contribution in [0, 0.1) is 0 Å². The van der Waals surface area contributed by atoms with E-state index in [4.69, 9.17) is 11.5 Å². The van der Waals surface area contributed by atoms with Crippen molar-refractivity contribution in [1.29, 1.82) is 0 Å². The van der Waals surface area contributed by atoms with Crippen molar-refractivity contribution in [2.45, 2.75) is 65.6 Å². The van der Waals surface area contributed by atoms with E-state index in [1.807, 2.05) is 41.5 Å². The number of hydrogen-bond acceptors (Lipinski definition) is 5. The quantitative estimate of drug-likeness (QED) is 0.581. The first kappa shape index (κ1) is 16.6. The zero-order valence-corrected chi connectivity index (χ0v) is 13.6. The van der Waals surface area contributed by atoms with Crippen LogP contribution in [-0.4, -0.2) is 43.2 Å². The number of amides is 2. The van der Waals surface area contributed by atoms with Crippen molar-refractivity contribution in [3.05, 3.63) is 0 Å². The predicted octanol–water partition coefficient (Wildman–Crippen LogP) is 1.68. The highest BCUT2D eigenvalue weighted by atomic mass is 27.3. The number of carbonyl (C=O) groups excluding carboxylic acids is 2. The van der Waals surface area contributed by atoms with Crippen molar-refractivity contribution < 1.29 is 21.1 Å². The molecule has 19 heavy (non-hydrogen) atoms. The van der Waals surface area contributed by atoms with Crippen molar-refractivity contribution in [3.63, 3.8) is 0 Å². The minimum absolute atomic E-state index is 0.186. The van der Waals surface area contributed by atoms with Crippen LogP contribution in [0.25, 0.3) is 0 Å². The highest BCUT2D eigenvalue weighted by Gasteiger charge is 2.45. The number of hydrogen-bond donors (Lipinski definition) is 0. The van der Waals surface area contributed by atoms with Crippen LogP contribution in [0.2, 0.25) is 0 Å². The molecule has 0 bridgehead atoms. The lowest BCUT2D eigenvalue weighted by Crippen LogP contribution is -2.46. The summed E-state index contributed by atoms with van der Waals surface area (Å²) < 4.78 is 16.9. The molecule has 0 aromatic heterocycles. The number of rotatable bonds is 4. The fraction of sp³-hybridized carbons (Fsp3) is 0.833. The van der Waals surface area contributed by atoms with Crippen LogP contribution in [-0.2, 0) is 21.1 Å². The van der Waals surface area contributed by atoms with Gasteiger partial charge in [-0.15, -0.1) is 0 Å².